The number of rotatable bonds is 6. The number of likely N-dealkylation sites (N-methyl/N-ethyl adjacent to an activating group) is 1. The van der Waals surface area contributed by atoms with Crippen LogP contribution in [0.25, 0.3) is 0 Å². The molecular weight excluding hydrogens is 162 g/mol. The SMILES string of the molecule is CCCOCCN(C)CC(C)(C)C. The molecule has 0 amide bonds. The topological polar surface area (TPSA) is 12.5 Å². The number of nitrogens with zero attached hydrogens (tertiary/aromatic N) is 1. The molecule has 0 rings (SSSR count). The van der Waals surface area contributed by atoms with Crippen molar-refractivity contribution in [3.05, 3.63) is 0 Å². The van der Waals surface area contributed by atoms with E-state index in [-0.39, 0.29) is 0 Å². The maximum atomic E-state index is 5.43. The second-order valence-corrected chi connectivity index (χ2v) is 4.91. The summed E-state index contributed by atoms with van der Waals surface area (Å²) in [6.45, 7) is 12.8. The van der Waals surface area contributed by atoms with Crippen LogP contribution in [0.1, 0.15) is 34.1 Å². The van der Waals surface area contributed by atoms with Crippen LogP contribution < -0.4 is 0 Å². The lowest BCUT2D eigenvalue weighted by Gasteiger charge is -2.26. The molecule has 0 aromatic rings. The average molecular weight is 187 g/mol. The first-order valence-electron chi connectivity index (χ1n) is 5.22. The van der Waals surface area contributed by atoms with Crippen molar-refractivity contribution in [1.82, 2.24) is 4.90 Å². The van der Waals surface area contributed by atoms with E-state index in [2.05, 4.69) is 39.6 Å². The molecule has 0 aliphatic heterocycles. The van der Waals surface area contributed by atoms with E-state index in [1.165, 1.54) is 0 Å². The minimum absolute atomic E-state index is 0.388. The molecule has 0 atom stereocenters. The van der Waals surface area contributed by atoms with Crippen LogP contribution in [0.5, 0.6) is 0 Å². The van der Waals surface area contributed by atoms with Gasteiger partial charge in [-0.1, -0.05) is 27.7 Å². The van der Waals surface area contributed by atoms with E-state index in [0.717, 1.165) is 32.7 Å². The van der Waals surface area contributed by atoms with Crippen LogP contribution in [-0.4, -0.2) is 38.3 Å². The molecule has 0 spiro atoms. The summed E-state index contributed by atoms with van der Waals surface area (Å²) in [5.41, 5.74) is 0.388. The molecule has 0 bridgehead atoms. The summed E-state index contributed by atoms with van der Waals surface area (Å²) in [7, 11) is 2.15. The van der Waals surface area contributed by atoms with Crippen molar-refractivity contribution in [1.29, 1.82) is 0 Å². The first kappa shape index (κ1) is 12.9. The minimum atomic E-state index is 0.388. The van der Waals surface area contributed by atoms with E-state index in [0.29, 0.717) is 5.41 Å². The number of hydrogen-bond acceptors (Lipinski definition) is 2. The molecule has 0 unspecified atom stereocenters. The molecule has 0 heterocycles. The molecule has 0 aliphatic carbocycles. The normalized spacial score (nSPS) is 12.5. The molecule has 0 radical (unpaired) electrons. The van der Waals surface area contributed by atoms with E-state index in [4.69, 9.17) is 4.74 Å². The van der Waals surface area contributed by atoms with Gasteiger partial charge in [-0.3, -0.25) is 0 Å². The van der Waals surface area contributed by atoms with E-state index in [1.807, 2.05) is 0 Å². The van der Waals surface area contributed by atoms with Crippen molar-refractivity contribution in [2.24, 2.45) is 5.41 Å². The van der Waals surface area contributed by atoms with Gasteiger partial charge in [-0.15, -0.1) is 0 Å². The quantitative estimate of drug-likeness (QED) is 0.592. The lowest BCUT2D eigenvalue weighted by Crippen LogP contribution is -2.31. The first-order valence-corrected chi connectivity index (χ1v) is 5.22. The van der Waals surface area contributed by atoms with Crippen molar-refractivity contribution in [2.45, 2.75) is 34.1 Å². The Morgan fingerprint density at radius 1 is 1.15 bits per heavy atom. The highest BCUT2D eigenvalue weighted by Crippen LogP contribution is 2.13. The molecule has 13 heavy (non-hydrogen) atoms. The minimum Gasteiger partial charge on any atom is -0.380 e. The van der Waals surface area contributed by atoms with Gasteiger partial charge in [0.1, 0.15) is 0 Å². The third kappa shape index (κ3) is 9.84. The second kappa shape index (κ2) is 6.39. The van der Waals surface area contributed by atoms with Gasteiger partial charge in [0.25, 0.3) is 0 Å². The predicted molar refractivity (Wildman–Crippen MR) is 58.1 cm³/mol. The molecule has 2 nitrogen and oxygen atoms in total. The van der Waals surface area contributed by atoms with Gasteiger partial charge < -0.3 is 9.64 Å². The standard InChI is InChI=1S/C11H25NO/c1-6-8-13-9-7-12(5)10-11(2,3)4/h6-10H2,1-5H3. The van der Waals surface area contributed by atoms with Crippen LogP contribution in [0.3, 0.4) is 0 Å². The molecule has 0 aromatic carbocycles. The Kier molecular flexibility index (Phi) is 6.35. The molecular formula is C11H25NO. The zero-order valence-corrected chi connectivity index (χ0v) is 9.89. The highest BCUT2D eigenvalue weighted by atomic mass is 16.5. The maximum absolute atomic E-state index is 5.43. The Balaban J connectivity index is 3.35. The van der Waals surface area contributed by atoms with E-state index in [9.17, 15) is 0 Å². The number of hydrogen-bond donors (Lipinski definition) is 0. The molecule has 0 saturated carbocycles. The summed E-state index contributed by atoms with van der Waals surface area (Å²) in [5, 5.41) is 0. The van der Waals surface area contributed by atoms with Gasteiger partial charge in [-0.25, -0.2) is 0 Å². The van der Waals surface area contributed by atoms with Gasteiger partial charge in [-0.2, -0.15) is 0 Å². The van der Waals surface area contributed by atoms with E-state index < -0.39 is 0 Å². The Labute approximate surface area is 83.3 Å². The highest BCUT2D eigenvalue weighted by molar-refractivity contribution is 4.65. The fraction of sp³-hybridized carbons (Fsp3) is 1.00. The monoisotopic (exact) mass is 187 g/mol. The Morgan fingerprint density at radius 2 is 1.77 bits per heavy atom. The van der Waals surface area contributed by atoms with Crippen molar-refractivity contribution in [2.75, 3.05) is 33.4 Å². The van der Waals surface area contributed by atoms with Crippen molar-refractivity contribution in [3.63, 3.8) is 0 Å². The van der Waals surface area contributed by atoms with Crippen LogP contribution in [0, 0.1) is 5.41 Å². The van der Waals surface area contributed by atoms with E-state index >= 15 is 0 Å². The van der Waals surface area contributed by atoms with Gasteiger partial charge in [0, 0.05) is 19.7 Å². The summed E-state index contributed by atoms with van der Waals surface area (Å²) < 4.78 is 5.43. The van der Waals surface area contributed by atoms with Gasteiger partial charge in [0.05, 0.1) is 6.61 Å². The number of ether oxygens (including phenoxy) is 1. The molecule has 0 aromatic heterocycles. The maximum Gasteiger partial charge on any atom is 0.0593 e. The van der Waals surface area contributed by atoms with Gasteiger partial charge in [0.2, 0.25) is 0 Å². The summed E-state index contributed by atoms with van der Waals surface area (Å²) in [6, 6.07) is 0. The lowest BCUT2D eigenvalue weighted by molar-refractivity contribution is 0.101. The first-order chi connectivity index (χ1) is 5.95. The zero-order valence-electron chi connectivity index (χ0n) is 9.89. The second-order valence-electron chi connectivity index (χ2n) is 4.91. The molecule has 0 aliphatic rings. The third-order valence-corrected chi connectivity index (χ3v) is 1.71. The van der Waals surface area contributed by atoms with Crippen LogP contribution in [0.2, 0.25) is 0 Å². The summed E-state index contributed by atoms with van der Waals surface area (Å²) >= 11 is 0. The fourth-order valence-corrected chi connectivity index (χ4v) is 1.36. The molecule has 2 heteroatoms. The van der Waals surface area contributed by atoms with Crippen molar-refractivity contribution >= 4 is 0 Å². The fourth-order valence-electron chi connectivity index (χ4n) is 1.36. The van der Waals surface area contributed by atoms with Crippen molar-refractivity contribution < 1.29 is 4.74 Å². The van der Waals surface area contributed by atoms with E-state index in [1.54, 1.807) is 0 Å². The summed E-state index contributed by atoms with van der Waals surface area (Å²) in [4.78, 5) is 2.33. The Hall–Kier alpha value is -0.0800. The van der Waals surface area contributed by atoms with Gasteiger partial charge >= 0.3 is 0 Å². The third-order valence-electron chi connectivity index (χ3n) is 1.71. The van der Waals surface area contributed by atoms with Crippen molar-refractivity contribution in [3.8, 4) is 0 Å². The molecule has 0 N–H and O–H groups in total. The smallest absolute Gasteiger partial charge is 0.0593 e. The van der Waals surface area contributed by atoms with Crippen LogP contribution in [0.15, 0.2) is 0 Å². The van der Waals surface area contributed by atoms with Gasteiger partial charge in [0.15, 0.2) is 0 Å². The van der Waals surface area contributed by atoms with Gasteiger partial charge in [-0.05, 0) is 18.9 Å². The highest BCUT2D eigenvalue weighted by Gasteiger charge is 2.12. The van der Waals surface area contributed by atoms with Crippen LogP contribution in [0.4, 0.5) is 0 Å². The largest absolute Gasteiger partial charge is 0.380 e. The molecule has 0 saturated heterocycles. The summed E-state index contributed by atoms with van der Waals surface area (Å²) in [6.07, 6.45) is 1.11. The zero-order chi connectivity index (χ0) is 10.3. The van der Waals surface area contributed by atoms with Crippen LogP contribution in [-0.2, 0) is 4.74 Å². The lowest BCUT2D eigenvalue weighted by atomic mass is 9.96. The Morgan fingerprint density at radius 3 is 2.23 bits per heavy atom. The summed E-state index contributed by atoms with van der Waals surface area (Å²) in [5.74, 6) is 0. The molecule has 0 fully saturated rings. The average Bonchev–Trinajstić information content (AvgIpc) is 1.94. The predicted octanol–water partition coefficient (Wildman–Crippen LogP) is 2.39. The van der Waals surface area contributed by atoms with Crippen LogP contribution >= 0.6 is 0 Å². The Bertz CT molecular complexity index is 118. The molecule has 80 valence electrons.